The van der Waals surface area contributed by atoms with Gasteiger partial charge in [0, 0.05) is 22.2 Å². The Hall–Kier alpha value is -0.490. The number of benzene rings is 1. The molecule has 0 aromatic heterocycles. The van der Waals surface area contributed by atoms with Gasteiger partial charge in [-0.2, -0.15) is 0 Å². The molecule has 0 spiro atoms. The van der Waals surface area contributed by atoms with Crippen LogP contribution in [0.2, 0.25) is 5.02 Å². The van der Waals surface area contributed by atoms with Crippen LogP contribution in [-0.2, 0) is 6.42 Å². The predicted molar refractivity (Wildman–Crippen MR) is 107 cm³/mol. The number of piperidine rings is 1. The fourth-order valence-corrected chi connectivity index (χ4v) is 6.42. The van der Waals surface area contributed by atoms with Gasteiger partial charge in [-0.25, -0.2) is 5.32 Å². The van der Waals surface area contributed by atoms with Crippen LogP contribution in [0.25, 0.3) is 0 Å². The van der Waals surface area contributed by atoms with Crippen LogP contribution in [0.1, 0.15) is 44.6 Å². The summed E-state index contributed by atoms with van der Waals surface area (Å²) in [5.74, 6) is 0. The molecule has 24 heavy (non-hydrogen) atoms. The Morgan fingerprint density at radius 3 is 2.75 bits per heavy atom. The molecule has 3 nitrogen and oxygen atoms in total. The maximum absolute atomic E-state index is 6.78. The van der Waals surface area contributed by atoms with Crippen molar-refractivity contribution in [1.82, 2.24) is 10.2 Å². The standard InChI is InChI=1S/C18H23ClN3S2/c1-3-4-10-7-14-16(21-18(23)20-14)15(19)17(10)24-13-8-11-5-6-12(9-13)22(11)2/h7,11-13H,3-6,8-9H2,1-2H3,(H,21,23). The molecule has 2 atom stereocenters. The summed E-state index contributed by atoms with van der Waals surface area (Å²) in [6.07, 6.45) is 7.40. The van der Waals surface area contributed by atoms with E-state index in [1.807, 2.05) is 11.8 Å². The van der Waals surface area contributed by atoms with Crippen molar-refractivity contribution >= 4 is 52.1 Å². The molecule has 3 aliphatic heterocycles. The molecule has 1 aromatic rings. The number of fused-ring (bicyclic) bond motifs is 3. The number of halogens is 1. The molecule has 2 saturated heterocycles. The van der Waals surface area contributed by atoms with E-state index in [2.05, 4.69) is 35.6 Å². The highest BCUT2D eigenvalue weighted by molar-refractivity contribution is 8.00. The smallest absolute Gasteiger partial charge is 0.197 e. The highest BCUT2D eigenvalue weighted by Gasteiger charge is 2.39. The minimum Gasteiger partial charge on any atom is -0.328 e. The van der Waals surface area contributed by atoms with Crippen LogP contribution in [0.3, 0.4) is 0 Å². The number of rotatable bonds is 4. The molecule has 2 unspecified atom stereocenters. The highest BCUT2D eigenvalue weighted by Crippen LogP contribution is 2.48. The zero-order chi connectivity index (χ0) is 16.8. The van der Waals surface area contributed by atoms with E-state index in [4.69, 9.17) is 23.8 Å². The third-order valence-electron chi connectivity index (χ3n) is 5.59. The molecule has 2 fully saturated rings. The largest absolute Gasteiger partial charge is 0.328 e. The van der Waals surface area contributed by atoms with Crippen LogP contribution < -0.4 is 10.6 Å². The zero-order valence-corrected chi connectivity index (χ0v) is 16.5. The van der Waals surface area contributed by atoms with Crippen LogP contribution in [0.4, 0.5) is 11.4 Å². The molecule has 1 N–H and O–H groups in total. The Morgan fingerprint density at radius 1 is 1.38 bits per heavy atom. The van der Waals surface area contributed by atoms with E-state index in [9.17, 15) is 0 Å². The second-order valence-electron chi connectivity index (χ2n) is 7.13. The lowest BCUT2D eigenvalue weighted by molar-refractivity contribution is 0.183. The summed E-state index contributed by atoms with van der Waals surface area (Å²) in [6.45, 7) is 2.21. The number of nitrogens with one attached hydrogen (secondary N) is 1. The average molecular weight is 381 g/mol. The molecule has 1 aromatic carbocycles. The van der Waals surface area contributed by atoms with E-state index < -0.39 is 0 Å². The topological polar surface area (TPSA) is 29.4 Å². The van der Waals surface area contributed by atoms with E-state index >= 15 is 0 Å². The second-order valence-corrected chi connectivity index (χ2v) is 9.20. The molecular weight excluding hydrogens is 358 g/mol. The number of hydrogen-bond acceptors (Lipinski definition) is 3. The summed E-state index contributed by atoms with van der Waals surface area (Å²) in [7, 11) is 2.29. The fraction of sp³-hybridized carbons (Fsp3) is 0.611. The lowest BCUT2D eigenvalue weighted by Gasteiger charge is -2.36. The van der Waals surface area contributed by atoms with Gasteiger partial charge in [-0.3, -0.25) is 0 Å². The van der Waals surface area contributed by atoms with E-state index in [0.717, 1.165) is 41.3 Å². The summed E-state index contributed by atoms with van der Waals surface area (Å²) < 4.78 is 0. The number of aryl methyl sites for hydroxylation is 1. The van der Waals surface area contributed by atoms with Crippen LogP contribution in [-0.4, -0.2) is 34.4 Å². The molecule has 6 heteroatoms. The average Bonchev–Trinajstić information content (AvgIpc) is 2.99. The molecule has 3 aliphatic rings. The third kappa shape index (κ3) is 2.94. The fourth-order valence-electron chi connectivity index (χ4n) is 4.33. The first-order valence-electron chi connectivity index (χ1n) is 8.83. The van der Waals surface area contributed by atoms with Crippen molar-refractivity contribution in [2.24, 2.45) is 0 Å². The van der Waals surface area contributed by atoms with Crippen LogP contribution >= 0.6 is 35.6 Å². The van der Waals surface area contributed by atoms with Crippen molar-refractivity contribution in [1.29, 1.82) is 0 Å². The Bertz CT molecular complexity index is 665. The van der Waals surface area contributed by atoms with E-state index in [-0.39, 0.29) is 0 Å². The van der Waals surface area contributed by atoms with Crippen LogP contribution in [0, 0.1) is 0 Å². The molecule has 129 valence electrons. The van der Waals surface area contributed by atoms with Crippen LogP contribution in [0.15, 0.2) is 11.0 Å². The first-order valence-corrected chi connectivity index (χ1v) is 10.5. The quantitative estimate of drug-likeness (QED) is 0.748. The van der Waals surface area contributed by atoms with Crippen LogP contribution in [0.5, 0.6) is 0 Å². The van der Waals surface area contributed by atoms with Gasteiger partial charge in [0.2, 0.25) is 0 Å². The summed E-state index contributed by atoms with van der Waals surface area (Å²) in [6, 6.07) is 3.69. The zero-order valence-electron chi connectivity index (χ0n) is 14.1. The summed E-state index contributed by atoms with van der Waals surface area (Å²) in [5, 5.41) is 9.57. The molecular formula is C18H23ClN3S2. The van der Waals surface area contributed by atoms with E-state index in [1.54, 1.807) is 0 Å². The van der Waals surface area contributed by atoms with Gasteiger partial charge >= 0.3 is 0 Å². The van der Waals surface area contributed by atoms with Crippen molar-refractivity contribution < 1.29 is 0 Å². The Labute approximate surface area is 158 Å². The highest BCUT2D eigenvalue weighted by atomic mass is 35.5. The van der Waals surface area contributed by atoms with Crippen molar-refractivity contribution in [2.45, 2.75) is 67.7 Å². The van der Waals surface area contributed by atoms with Gasteiger partial charge in [0.05, 0.1) is 16.4 Å². The van der Waals surface area contributed by atoms with Gasteiger partial charge in [0.1, 0.15) is 0 Å². The second kappa shape index (κ2) is 6.67. The van der Waals surface area contributed by atoms with Gasteiger partial charge in [-0.1, -0.05) is 24.9 Å². The molecule has 3 heterocycles. The predicted octanol–water partition coefficient (Wildman–Crippen LogP) is 4.96. The minimum absolute atomic E-state index is 0.522. The SMILES string of the molecule is CCCc1cc2c(c(Cl)c1SC1CC3CCC(C1)N3C)NC(=S)[N]2. The van der Waals surface area contributed by atoms with Crippen molar-refractivity contribution in [3.63, 3.8) is 0 Å². The maximum atomic E-state index is 6.78. The molecule has 0 aliphatic carbocycles. The number of thiocarbonyl (C=S) groups is 1. The Morgan fingerprint density at radius 2 is 2.08 bits per heavy atom. The van der Waals surface area contributed by atoms with Gasteiger partial charge in [0.15, 0.2) is 5.11 Å². The first-order chi connectivity index (χ1) is 11.6. The molecule has 0 saturated carbocycles. The molecule has 0 amide bonds. The van der Waals surface area contributed by atoms with Crippen molar-refractivity contribution in [2.75, 3.05) is 12.4 Å². The lowest BCUT2D eigenvalue weighted by atomic mass is 10.0. The van der Waals surface area contributed by atoms with E-state index in [0.29, 0.717) is 10.4 Å². The number of thioether (sulfide) groups is 1. The van der Waals surface area contributed by atoms with E-state index in [1.165, 1.54) is 36.1 Å². The first kappa shape index (κ1) is 17.0. The molecule has 2 bridgehead atoms. The van der Waals surface area contributed by atoms with Gasteiger partial charge in [-0.05, 0) is 63.0 Å². The number of hydrogen-bond donors (Lipinski definition) is 1. The summed E-state index contributed by atoms with van der Waals surface area (Å²) >= 11 is 14.0. The molecule has 1 radical (unpaired) electrons. The summed E-state index contributed by atoms with van der Waals surface area (Å²) in [5.41, 5.74) is 3.13. The number of anilines is 1. The Balaban J connectivity index is 1.62. The Kier molecular flexibility index (Phi) is 4.71. The van der Waals surface area contributed by atoms with Crippen molar-refractivity contribution in [3.05, 3.63) is 16.7 Å². The lowest BCUT2D eigenvalue weighted by Crippen LogP contribution is -2.40. The number of nitrogens with zero attached hydrogens (tertiary/aromatic N) is 2. The minimum atomic E-state index is 0.522. The van der Waals surface area contributed by atoms with Gasteiger partial charge < -0.3 is 10.2 Å². The maximum Gasteiger partial charge on any atom is 0.197 e. The van der Waals surface area contributed by atoms with Crippen molar-refractivity contribution in [3.8, 4) is 0 Å². The monoisotopic (exact) mass is 380 g/mol. The molecule has 4 rings (SSSR count). The summed E-state index contributed by atoms with van der Waals surface area (Å²) in [4.78, 5) is 3.84. The van der Waals surface area contributed by atoms with Gasteiger partial charge in [-0.15, -0.1) is 11.8 Å². The third-order valence-corrected chi connectivity index (χ3v) is 7.69. The normalized spacial score (nSPS) is 28.6. The van der Waals surface area contributed by atoms with Gasteiger partial charge in [0.25, 0.3) is 0 Å².